The minimum absolute atomic E-state index is 0.110. The van der Waals surface area contributed by atoms with Gasteiger partial charge >= 0.3 is 0 Å². The smallest absolute Gasteiger partial charge is 0.230 e. The van der Waals surface area contributed by atoms with E-state index in [2.05, 4.69) is 10.3 Å². The zero-order valence-corrected chi connectivity index (χ0v) is 14.3. The molecule has 1 N–H and O–H groups in total. The number of carbonyl (C=O) groups is 1. The molecule has 0 spiro atoms. The lowest BCUT2D eigenvalue weighted by Gasteiger charge is -2.06. The van der Waals surface area contributed by atoms with Gasteiger partial charge in [0, 0.05) is 21.0 Å². The van der Waals surface area contributed by atoms with Crippen molar-refractivity contribution in [3.63, 3.8) is 0 Å². The van der Waals surface area contributed by atoms with E-state index in [-0.39, 0.29) is 12.3 Å². The molecule has 1 heterocycles. The van der Waals surface area contributed by atoms with Gasteiger partial charge in [-0.15, -0.1) is 11.3 Å². The highest BCUT2D eigenvalue weighted by molar-refractivity contribution is 7.14. The van der Waals surface area contributed by atoms with E-state index >= 15 is 0 Å². The Labute approximate surface area is 147 Å². The lowest BCUT2D eigenvalue weighted by Crippen LogP contribution is -2.14. The summed E-state index contributed by atoms with van der Waals surface area (Å²) in [7, 11) is 0. The number of anilines is 1. The van der Waals surface area contributed by atoms with Gasteiger partial charge < -0.3 is 5.32 Å². The van der Waals surface area contributed by atoms with E-state index in [1.807, 2.05) is 35.7 Å². The number of nitrogens with one attached hydrogen (secondary N) is 1. The molecule has 0 radical (unpaired) electrons. The van der Waals surface area contributed by atoms with Crippen LogP contribution in [-0.2, 0) is 11.2 Å². The standard InChI is InChI=1S/C17H12Cl2N2OS/c18-13-7-4-8-14(19)12(13)9-16(22)21-17-20-15(10-23-17)11-5-2-1-3-6-11/h1-8,10H,9H2,(H,20,21,22). The SMILES string of the molecule is O=C(Cc1c(Cl)cccc1Cl)Nc1nc(-c2ccccc2)cs1. The van der Waals surface area contributed by atoms with Crippen LogP contribution >= 0.6 is 34.5 Å². The van der Waals surface area contributed by atoms with Gasteiger partial charge in [0.1, 0.15) is 0 Å². The molecule has 116 valence electrons. The molecule has 3 aromatic rings. The number of aromatic nitrogens is 1. The first-order valence-electron chi connectivity index (χ1n) is 6.87. The fraction of sp³-hybridized carbons (Fsp3) is 0.0588. The number of carbonyl (C=O) groups excluding carboxylic acids is 1. The summed E-state index contributed by atoms with van der Waals surface area (Å²) in [6.45, 7) is 0. The highest BCUT2D eigenvalue weighted by atomic mass is 35.5. The topological polar surface area (TPSA) is 42.0 Å². The minimum atomic E-state index is -0.200. The van der Waals surface area contributed by atoms with E-state index in [9.17, 15) is 4.79 Å². The molecule has 0 saturated carbocycles. The maximum absolute atomic E-state index is 12.2. The predicted octanol–water partition coefficient (Wildman–Crippen LogP) is 5.30. The van der Waals surface area contributed by atoms with E-state index in [4.69, 9.17) is 23.2 Å². The summed E-state index contributed by atoms with van der Waals surface area (Å²) < 4.78 is 0. The summed E-state index contributed by atoms with van der Waals surface area (Å²) in [6, 6.07) is 15.0. The molecule has 0 fully saturated rings. The summed E-state index contributed by atoms with van der Waals surface area (Å²) in [4.78, 5) is 16.6. The Morgan fingerprint density at radius 3 is 2.43 bits per heavy atom. The van der Waals surface area contributed by atoms with Gasteiger partial charge in [-0.05, 0) is 17.7 Å². The minimum Gasteiger partial charge on any atom is -0.302 e. The van der Waals surface area contributed by atoms with Crippen LogP contribution in [0.15, 0.2) is 53.9 Å². The zero-order valence-electron chi connectivity index (χ0n) is 11.9. The summed E-state index contributed by atoms with van der Waals surface area (Å²) in [6.07, 6.45) is 0.110. The van der Waals surface area contributed by atoms with Crippen LogP contribution in [0.1, 0.15) is 5.56 Å². The first-order chi connectivity index (χ1) is 11.1. The molecule has 0 bridgehead atoms. The molecule has 1 aromatic heterocycles. The number of nitrogens with zero attached hydrogens (tertiary/aromatic N) is 1. The molecular formula is C17H12Cl2N2OS. The molecule has 0 aliphatic carbocycles. The maximum atomic E-state index is 12.2. The number of amides is 1. The zero-order chi connectivity index (χ0) is 16.2. The van der Waals surface area contributed by atoms with Crippen molar-refractivity contribution in [2.24, 2.45) is 0 Å². The lowest BCUT2D eigenvalue weighted by molar-refractivity contribution is -0.115. The number of hydrogen-bond acceptors (Lipinski definition) is 3. The van der Waals surface area contributed by atoms with E-state index in [1.54, 1.807) is 18.2 Å². The second-order valence-corrected chi connectivity index (χ2v) is 6.50. The van der Waals surface area contributed by atoms with Crippen molar-refractivity contribution in [2.75, 3.05) is 5.32 Å². The monoisotopic (exact) mass is 362 g/mol. The third-order valence-electron chi connectivity index (χ3n) is 3.22. The van der Waals surface area contributed by atoms with Crippen LogP contribution in [0.2, 0.25) is 10.0 Å². The molecule has 0 atom stereocenters. The van der Waals surface area contributed by atoms with Gasteiger partial charge in [-0.1, -0.05) is 59.6 Å². The van der Waals surface area contributed by atoms with Crippen LogP contribution in [0.5, 0.6) is 0 Å². The Bertz CT molecular complexity index is 813. The van der Waals surface area contributed by atoms with Crippen molar-refractivity contribution >= 4 is 45.6 Å². The van der Waals surface area contributed by atoms with Crippen molar-refractivity contribution in [2.45, 2.75) is 6.42 Å². The van der Waals surface area contributed by atoms with Gasteiger partial charge in [-0.3, -0.25) is 4.79 Å². The van der Waals surface area contributed by atoms with Crippen molar-refractivity contribution in [1.29, 1.82) is 0 Å². The van der Waals surface area contributed by atoms with E-state index in [1.165, 1.54) is 11.3 Å². The molecule has 3 nitrogen and oxygen atoms in total. The highest BCUT2D eigenvalue weighted by Crippen LogP contribution is 2.27. The highest BCUT2D eigenvalue weighted by Gasteiger charge is 2.13. The molecule has 6 heteroatoms. The molecule has 0 aliphatic rings. The number of thiazole rings is 1. The van der Waals surface area contributed by atoms with Crippen LogP contribution in [0.4, 0.5) is 5.13 Å². The lowest BCUT2D eigenvalue weighted by atomic mass is 10.1. The molecule has 0 saturated heterocycles. The van der Waals surface area contributed by atoms with E-state index < -0.39 is 0 Å². The molecular weight excluding hydrogens is 351 g/mol. The van der Waals surface area contributed by atoms with Gasteiger partial charge in [0.2, 0.25) is 5.91 Å². The van der Waals surface area contributed by atoms with E-state index in [0.29, 0.717) is 20.7 Å². The number of hydrogen-bond donors (Lipinski definition) is 1. The van der Waals surface area contributed by atoms with Crippen LogP contribution < -0.4 is 5.32 Å². The van der Waals surface area contributed by atoms with Gasteiger partial charge in [0.25, 0.3) is 0 Å². The Balaban J connectivity index is 1.70. The summed E-state index contributed by atoms with van der Waals surface area (Å²) in [5.41, 5.74) is 2.47. The van der Waals surface area contributed by atoms with E-state index in [0.717, 1.165) is 11.3 Å². The largest absolute Gasteiger partial charge is 0.302 e. The normalized spacial score (nSPS) is 10.5. The summed E-state index contributed by atoms with van der Waals surface area (Å²) in [5, 5.41) is 6.22. The first-order valence-corrected chi connectivity index (χ1v) is 8.51. The average Bonchev–Trinajstić information content (AvgIpc) is 3.00. The predicted molar refractivity (Wildman–Crippen MR) is 96.3 cm³/mol. The molecule has 2 aromatic carbocycles. The van der Waals surface area contributed by atoms with Crippen molar-refractivity contribution in [3.05, 3.63) is 69.5 Å². The van der Waals surface area contributed by atoms with Crippen molar-refractivity contribution < 1.29 is 4.79 Å². The Hall–Kier alpha value is -1.88. The van der Waals surface area contributed by atoms with Crippen LogP contribution in [0.25, 0.3) is 11.3 Å². The third-order valence-corrected chi connectivity index (χ3v) is 4.69. The van der Waals surface area contributed by atoms with Crippen LogP contribution in [-0.4, -0.2) is 10.9 Å². The first kappa shape index (κ1) is 16.0. The summed E-state index contributed by atoms with van der Waals surface area (Å²) >= 11 is 13.5. The Kier molecular flexibility index (Phi) is 4.96. The molecule has 23 heavy (non-hydrogen) atoms. The fourth-order valence-electron chi connectivity index (χ4n) is 2.10. The summed E-state index contributed by atoms with van der Waals surface area (Å²) in [5.74, 6) is -0.200. The van der Waals surface area contributed by atoms with Crippen LogP contribution in [0.3, 0.4) is 0 Å². The molecule has 0 aliphatic heterocycles. The second-order valence-electron chi connectivity index (χ2n) is 4.83. The number of halogens is 2. The third kappa shape index (κ3) is 3.91. The van der Waals surface area contributed by atoms with Crippen molar-refractivity contribution in [3.8, 4) is 11.3 Å². The molecule has 0 unspecified atom stereocenters. The van der Waals surface area contributed by atoms with Crippen LogP contribution in [0, 0.1) is 0 Å². The van der Waals surface area contributed by atoms with Crippen molar-refractivity contribution in [1.82, 2.24) is 4.98 Å². The average molecular weight is 363 g/mol. The van der Waals surface area contributed by atoms with Gasteiger partial charge in [-0.2, -0.15) is 0 Å². The molecule has 3 rings (SSSR count). The Morgan fingerprint density at radius 1 is 1.04 bits per heavy atom. The molecule has 1 amide bonds. The quantitative estimate of drug-likeness (QED) is 0.684. The second kappa shape index (κ2) is 7.13. The van der Waals surface area contributed by atoms with Gasteiger partial charge in [0.15, 0.2) is 5.13 Å². The number of rotatable bonds is 4. The Morgan fingerprint density at radius 2 is 1.74 bits per heavy atom. The van der Waals surface area contributed by atoms with Gasteiger partial charge in [-0.25, -0.2) is 4.98 Å². The number of benzene rings is 2. The van der Waals surface area contributed by atoms with Gasteiger partial charge in [0.05, 0.1) is 12.1 Å². The fourth-order valence-corrected chi connectivity index (χ4v) is 3.36. The maximum Gasteiger partial charge on any atom is 0.230 e.